The molecule has 128 valence electrons. The number of benzene rings is 1. The minimum Gasteiger partial charge on any atom is -0.214 e. The molecule has 0 fully saturated rings. The Bertz CT molecular complexity index is 942. The molecular weight excluding hydrogens is 346 g/mol. The van der Waals surface area contributed by atoms with Gasteiger partial charge in [-0.1, -0.05) is 37.3 Å². The van der Waals surface area contributed by atoms with Gasteiger partial charge in [0.05, 0.1) is 4.90 Å². The third-order valence-electron chi connectivity index (χ3n) is 3.70. The van der Waals surface area contributed by atoms with Crippen LogP contribution in [-0.2, 0) is 22.9 Å². The Hall–Kier alpha value is -1.84. The Labute approximate surface area is 144 Å². The molecule has 3 rings (SSSR count). The van der Waals surface area contributed by atoms with Crippen LogP contribution >= 0.6 is 11.3 Å². The first-order valence-electron chi connectivity index (χ1n) is 7.64. The van der Waals surface area contributed by atoms with E-state index in [0.717, 1.165) is 34.2 Å². The first-order valence-corrected chi connectivity index (χ1v) is 9.94. The zero-order valence-corrected chi connectivity index (χ0v) is 15.4. The van der Waals surface area contributed by atoms with E-state index in [1.165, 1.54) is 18.4 Å². The quantitative estimate of drug-likeness (QED) is 0.722. The largest absolute Gasteiger partial charge is 0.240 e. The summed E-state index contributed by atoms with van der Waals surface area (Å²) in [4.78, 5) is 1.08. The lowest BCUT2D eigenvalue weighted by Crippen LogP contribution is -2.18. The Balaban J connectivity index is 1.72. The van der Waals surface area contributed by atoms with E-state index in [0.29, 0.717) is 0 Å². The van der Waals surface area contributed by atoms with Gasteiger partial charge in [-0.3, -0.25) is 0 Å². The van der Waals surface area contributed by atoms with Gasteiger partial charge < -0.3 is 0 Å². The van der Waals surface area contributed by atoms with Crippen molar-refractivity contribution in [1.82, 2.24) is 24.5 Å². The van der Waals surface area contributed by atoms with E-state index in [-0.39, 0.29) is 10.8 Å². The number of nitrogens with zero attached hydrogens (tertiary/aromatic N) is 4. The molecule has 0 saturated carbocycles. The van der Waals surface area contributed by atoms with Crippen LogP contribution in [0.1, 0.15) is 36.2 Å². The topological polar surface area (TPSA) is 89.2 Å². The van der Waals surface area contributed by atoms with E-state index < -0.39 is 10.0 Å². The van der Waals surface area contributed by atoms with Crippen LogP contribution in [0.4, 0.5) is 0 Å². The molecule has 0 aliphatic rings. The second-order valence-corrected chi connectivity index (χ2v) is 8.68. The average molecular weight is 365 g/mol. The van der Waals surface area contributed by atoms with Crippen molar-refractivity contribution in [3.63, 3.8) is 0 Å². The van der Waals surface area contributed by atoms with E-state index in [4.69, 9.17) is 0 Å². The summed E-state index contributed by atoms with van der Waals surface area (Å²) in [7, 11) is -1.98. The van der Waals surface area contributed by atoms with Gasteiger partial charge in [0.2, 0.25) is 15.0 Å². The van der Waals surface area contributed by atoms with Crippen molar-refractivity contribution in [2.24, 2.45) is 0 Å². The molecule has 0 atom stereocenters. The highest BCUT2D eigenvalue weighted by atomic mass is 32.2. The van der Waals surface area contributed by atoms with Crippen LogP contribution in [0.15, 0.2) is 29.2 Å². The van der Waals surface area contributed by atoms with Crippen molar-refractivity contribution in [2.75, 3.05) is 7.05 Å². The molecular formula is C15H19N5O2S2. The summed E-state index contributed by atoms with van der Waals surface area (Å²) in [6.45, 7) is 4.13. The summed E-state index contributed by atoms with van der Waals surface area (Å²) in [6, 6.07) is 6.92. The smallest absolute Gasteiger partial charge is 0.214 e. The van der Waals surface area contributed by atoms with Crippen LogP contribution in [0.3, 0.4) is 0 Å². The maximum Gasteiger partial charge on any atom is 0.240 e. The molecule has 9 heteroatoms. The van der Waals surface area contributed by atoms with Gasteiger partial charge in [-0.15, -0.1) is 10.2 Å². The van der Waals surface area contributed by atoms with Gasteiger partial charge in [-0.25, -0.2) is 13.1 Å². The molecule has 2 heterocycles. The Morgan fingerprint density at radius 2 is 1.88 bits per heavy atom. The van der Waals surface area contributed by atoms with Crippen molar-refractivity contribution >= 4 is 26.3 Å². The average Bonchev–Trinajstić information content (AvgIpc) is 3.13. The fourth-order valence-corrected chi connectivity index (χ4v) is 3.91. The SMILES string of the molecule is CNS(=O)(=O)c1ccc(CCc2nn3c(C(C)C)nnc3s2)cc1. The summed E-state index contributed by atoms with van der Waals surface area (Å²) in [5, 5.41) is 13.9. The fourth-order valence-electron chi connectivity index (χ4n) is 2.34. The van der Waals surface area contributed by atoms with E-state index in [9.17, 15) is 8.42 Å². The van der Waals surface area contributed by atoms with Crippen molar-refractivity contribution in [2.45, 2.75) is 37.5 Å². The van der Waals surface area contributed by atoms with Gasteiger partial charge in [-0.05, 0) is 31.2 Å². The number of sulfonamides is 1. The zero-order chi connectivity index (χ0) is 17.3. The lowest BCUT2D eigenvalue weighted by Gasteiger charge is -2.04. The second-order valence-electron chi connectivity index (χ2n) is 5.75. The third-order valence-corrected chi connectivity index (χ3v) is 6.09. The zero-order valence-electron chi connectivity index (χ0n) is 13.7. The molecule has 0 unspecified atom stereocenters. The molecule has 0 spiro atoms. The minimum atomic E-state index is -3.38. The first kappa shape index (κ1) is 17.0. The van der Waals surface area contributed by atoms with Gasteiger partial charge >= 0.3 is 0 Å². The van der Waals surface area contributed by atoms with Crippen LogP contribution in [0.2, 0.25) is 0 Å². The fraction of sp³-hybridized carbons (Fsp3) is 0.400. The van der Waals surface area contributed by atoms with Gasteiger partial charge in [0.1, 0.15) is 5.01 Å². The minimum absolute atomic E-state index is 0.272. The van der Waals surface area contributed by atoms with E-state index in [1.54, 1.807) is 12.1 Å². The Kier molecular flexibility index (Phi) is 4.66. The molecule has 0 bridgehead atoms. The molecule has 0 aliphatic heterocycles. The van der Waals surface area contributed by atoms with Gasteiger partial charge in [0.15, 0.2) is 5.82 Å². The molecule has 0 saturated heterocycles. The van der Waals surface area contributed by atoms with Crippen LogP contribution in [0.25, 0.3) is 4.96 Å². The number of aryl methyl sites for hydroxylation is 2. The van der Waals surface area contributed by atoms with Crippen molar-refractivity contribution in [3.8, 4) is 0 Å². The summed E-state index contributed by atoms with van der Waals surface area (Å²) in [5.74, 6) is 1.14. The maximum absolute atomic E-state index is 11.7. The summed E-state index contributed by atoms with van der Waals surface area (Å²) in [6.07, 6.45) is 1.57. The van der Waals surface area contributed by atoms with Crippen molar-refractivity contribution in [1.29, 1.82) is 0 Å². The van der Waals surface area contributed by atoms with Gasteiger partial charge in [0, 0.05) is 12.3 Å². The van der Waals surface area contributed by atoms with E-state index in [2.05, 4.69) is 33.9 Å². The molecule has 0 amide bonds. The van der Waals surface area contributed by atoms with Crippen LogP contribution in [0, 0.1) is 0 Å². The lowest BCUT2D eigenvalue weighted by atomic mass is 10.1. The summed E-state index contributed by atoms with van der Waals surface area (Å²) < 4.78 is 27.5. The summed E-state index contributed by atoms with van der Waals surface area (Å²) >= 11 is 1.54. The number of aromatic nitrogens is 4. The molecule has 1 aromatic carbocycles. The predicted octanol–water partition coefficient (Wildman–Crippen LogP) is 2.00. The second kappa shape index (κ2) is 6.58. The number of nitrogens with one attached hydrogen (secondary N) is 1. The monoisotopic (exact) mass is 365 g/mol. The lowest BCUT2D eigenvalue weighted by molar-refractivity contribution is 0.588. The molecule has 7 nitrogen and oxygen atoms in total. The highest BCUT2D eigenvalue weighted by Gasteiger charge is 2.14. The van der Waals surface area contributed by atoms with E-state index >= 15 is 0 Å². The van der Waals surface area contributed by atoms with Crippen LogP contribution in [-0.4, -0.2) is 35.3 Å². The van der Waals surface area contributed by atoms with Gasteiger partial charge in [0.25, 0.3) is 0 Å². The Morgan fingerprint density at radius 3 is 2.50 bits per heavy atom. The van der Waals surface area contributed by atoms with Crippen molar-refractivity contribution < 1.29 is 8.42 Å². The predicted molar refractivity (Wildman–Crippen MR) is 92.8 cm³/mol. The van der Waals surface area contributed by atoms with Crippen molar-refractivity contribution in [3.05, 3.63) is 40.7 Å². The molecule has 24 heavy (non-hydrogen) atoms. The molecule has 1 N–H and O–H groups in total. The number of fused-ring (bicyclic) bond motifs is 1. The van der Waals surface area contributed by atoms with Crippen LogP contribution in [0.5, 0.6) is 0 Å². The molecule has 0 radical (unpaired) electrons. The number of hydrogen-bond acceptors (Lipinski definition) is 6. The number of hydrogen-bond donors (Lipinski definition) is 1. The maximum atomic E-state index is 11.7. The van der Waals surface area contributed by atoms with E-state index in [1.807, 2.05) is 16.6 Å². The highest BCUT2D eigenvalue weighted by molar-refractivity contribution is 7.89. The third kappa shape index (κ3) is 3.33. The Morgan fingerprint density at radius 1 is 1.17 bits per heavy atom. The standard InChI is InChI=1S/C15H19N5O2S2/c1-10(2)14-17-18-15-20(14)19-13(23-15)9-6-11-4-7-12(8-5-11)24(21,22)16-3/h4-5,7-8,10,16H,6,9H2,1-3H3. The normalized spacial score (nSPS) is 12.3. The summed E-state index contributed by atoms with van der Waals surface area (Å²) in [5.41, 5.74) is 1.07. The van der Waals surface area contributed by atoms with Gasteiger partial charge in [-0.2, -0.15) is 9.61 Å². The highest BCUT2D eigenvalue weighted by Crippen LogP contribution is 2.20. The molecule has 3 aromatic rings. The number of rotatable bonds is 6. The first-order chi connectivity index (χ1) is 11.4. The van der Waals surface area contributed by atoms with Crippen LogP contribution < -0.4 is 4.72 Å². The molecule has 2 aromatic heterocycles. The molecule has 0 aliphatic carbocycles.